The fourth-order valence-corrected chi connectivity index (χ4v) is 1.78. The summed E-state index contributed by atoms with van der Waals surface area (Å²) in [7, 11) is 0. The third-order valence-electron chi connectivity index (χ3n) is 2.43. The van der Waals surface area contributed by atoms with Crippen molar-refractivity contribution in [3.63, 3.8) is 0 Å². The Morgan fingerprint density at radius 3 is 2.29 bits per heavy atom. The van der Waals surface area contributed by atoms with Gasteiger partial charge >= 0.3 is 17.9 Å². The van der Waals surface area contributed by atoms with Crippen LogP contribution in [-0.4, -0.2) is 70.0 Å². The van der Waals surface area contributed by atoms with Gasteiger partial charge in [-0.2, -0.15) is 0 Å². The number of hydrogen-bond donors (Lipinski definition) is 3. The number of nitrogens with zero attached hydrogens (tertiary/aromatic N) is 1. The molecule has 1 rings (SSSR count). The van der Waals surface area contributed by atoms with Gasteiger partial charge in [0, 0.05) is 13.0 Å². The van der Waals surface area contributed by atoms with Gasteiger partial charge < -0.3 is 20.1 Å². The number of hydrogen-bond acceptors (Lipinski definition) is 5. The van der Waals surface area contributed by atoms with Crippen LogP contribution in [0.25, 0.3) is 0 Å². The molecule has 3 N–H and O–H groups in total. The topological polar surface area (TPSA) is 124 Å². The standard InChI is InChI=1S/C9H13NO7/c11-7(12)3-10-2-5(17-4-8(13)14)1-6(10)9(15)16/h5-6H,1-4H2,(H,11,12)(H,13,14)(H,15,16). The second-order valence-electron chi connectivity index (χ2n) is 3.74. The van der Waals surface area contributed by atoms with E-state index in [0.29, 0.717) is 0 Å². The van der Waals surface area contributed by atoms with Crippen molar-refractivity contribution in [1.82, 2.24) is 4.90 Å². The van der Waals surface area contributed by atoms with Crippen molar-refractivity contribution in [2.24, 2.45) is 0 Å². The molecule has 0 radical (unpaired) electrons. The lowest BCUT2D eigenvalue weighted by atomic mass is 10.2. The van der Waals surface area contributed by atoms with Crippen molar-refractivity contribution in [1.29, 1.82) is 0 Å². The fourth-order valence-electron chi connectivity index (χ4n) is 1.78. The van der Waals surface area contributed by atoms with Crippen molar-refractivity contribution >= 4 is 17.9 Å². The van der Waals surface area contributed by atoms with Gasteiger partial charge in [0.25, 0.3) is 0 Å². The molecule has 1 fully saturated rings. The van der Waals surface area contributed by atoms with Crippen molar-refractivity contribution in [3.05, 3.63) is 0 Å². The lowest BCUT2D eigenvalue weighted by Gasteiger charge is -2.17. The molecular weight excluding hydrogens is 234 g/mol. The summed E-state index contributed by atoms with van der Waals surface area (Å²) in [6.07, 6.45) is -0.470. The molecule has 2 unspecified atom stereocenters. The molecule has 0 aromatic heterocycles. The van der Waals surface area contributed by atoms with Crippen LogP contribution in [0.3, 0.4) is 0 Å². The SMILES string of the molecule is O=C(O)COC1CC(C(=O)O)N(CC(=O)O)C1. The lowest BCUT2D eigenvalue weighted by Crippen LogP contribution is -2.39. The first kappa shape index (κ1) is 13.4. The molecule has 1 aliphatic rings. The summed E-state index contributed by atoms with van der Waals surface area (Å²) >= 11 is 0. The van der Waals surface area contributed by atoms with Gasteiger partial charge in [-0.1, -0.05) is 0 Å². The maximum atomic E-state index is 10.9. The predicted molar refractivity (Wildman–Crippen MR) is 52.6 cm³/mol. The normalized spacial score (nSPS) is 24.7. The van der Waals surface area contributed by atoms with E-state index < -0.39 is 43.2 Å². The Hall–Kier alpha value is -1.67. The summed E-state index contributed by atoms with van der Waals surface area (Å²) in [5.74, 6) is -3.41. The third kappa shape index (κ3) is 4.00. The zero-order valence-electron chi connectivity index (χ0n) is 8.90. The van der Waals surface area contributed by atoms with E-state index in [4.69, 9.17) is 20.1 Å². The van der Waals surface area contributed by atoms with E-state index in [1.54, 1.807) is 0 Å². The van der Waals surface area contributed by atoms with E-state index in [1.165, 1.54) is 4.90 Å². The Balaban J connectivity index is 2.55. The van der Waals surface area contributed by atoms with Crippen LogP contribution in [0.5, 0.6) is 0 Å². The Bertz CT molecular complexity index is 329. The van der Waals surface area contributed by atoms with Crippen LogP contribution >= 0.6 is 0 Å². The molecule has 0 saturated carbocycles. The average molecular weight is 247 g/mol. The highest BCUT2D eigenvalue weighted by Crippen LogP contribution is 2.20. The summed E-state index contributed by atoms with van der Waals surface area (Å²) in [6.45, 7) is -0.807. The highest BCUT2D eigenvalue weighted by molar-refractivity contribution is 5.76. The molecule has 0 amide bonds. The van der Waals surface area contributed by atoms with Crippen molar-refractivity contribution in [2.75, 3.05) is 19.7 Å². The summed E-state index contributed by atoms with van der Waals surface area (Å²) < 4.78 is 4.96. The largest absolute Gasteiger partial charge is 0.480 e. The summed E-state index contributed by atoms with van der Waals surface area (Å²) in [5, 5.41) is 25.9. The third-order valence-corrected chi connectivity index (χ3v) is 2.43. The second kappa shape index (κ2) is 5.60. The Kier molecular flexibility index (Phi) is 4.41. The highest BCUT2D eigenvalue weighted by Gasteiger charge is 2.38. The van der Waals surface area contributed by atoms with E-state index in [1.807, 2.05) is 0 Å². The van der Waals surface area contributed by atoms with Gasteiger partial charge in [-0.3, -0.25) is 14.5 Å². The molecule has 96 valence electrons. The summed E-state index contributed by atoms with van der Waals surface area (Å²) in [4.78, 5) is 32.9. The van der Waals surface area contributed by atoms with Crippen LogP contribution in [0.1, 0.15) is 6.42 Å². The van der Waals surface area contributed by atoms with E-state index >= 15 is 0 Å². The van der Waals surface area contributed by atoms with Gasteiger partial charge in [0.1, 0.15) is 12.6 Å². The number of carbonyl (C=O) groups is 3. The van der Waals surface area contributed by atoms with Crippen molar-refractivity contribution < 1.29 is 34.4 Å². The quantitative estimate of drug-likeness (QED) is 0.529. The first-order valence-corrected chi connectivity index (χ1v) is 4.92. The van der Waals surface area contributed by atoms with Crippen LogP contribution in [0.2, 0.25) is 0 Å². The van der Waals surface area contributed by atoms with E-state index in [0.717, 1.165) is 0 Å². The summed E-state index contributed by atoms with van der Waals surface area (Å²) in [6, 6.07) is -0.940. The predicted octanol–water partition coefficient (Wildman–Crippen LogP) is -1.30. The van der Waals surface area contributed by atoms with Crippen LogP contribution in [-0.2, 0) is 19.1 Å². The zero-order valence-corrected chi connectivity index (χ0v) is 8.90. The van der Waals surface area contributed by atoms with Gasteiger partial charge in [-0.05, 0) is 0 Å². The zero-order chi connectivity index (χ0) is 13.0. The Morgan fingerprint density at radius 1 is 1.18 bits per heavy atom. The van der Waals surface area contributed by atoms with E-state index in [9.17, 15) is 14.4 Å². The first-order chi connectivity index (χ1) is 7.90. The fraction of sp³-hybridized carbons (Fsp3) is 0.667. The lowest BCUT2D eigenvalue weighted by molar-refractivity contribution is -0.145. The molecule has 0 aromatic rings. The number of aliphatic carboxylic acids is 3. The molecule has 8 nitrogen and oxygen atoms in total. The first-order valence-electron chi connectivity index (χ1n) is 4.92. The summed E-state index contributed by atoms with van der Waals surface area (Å²) in [5.41, 5.74) is 0. The van der Waals surface area contributed by atoms with Crippen molar-refractivity contribution in [2.45, 2.75) is 18.6 Å². The average Bonchev–Trinajstić information content (AvgIpc) is 2.57. The molecule has 2 atom stereocenters. The van der Waals surface area contributed by atoms with Crippen LogP contribution in [0.4, 0.5) is 0 Å². The van der Waals surface area contributed by atoms with E-state index in [2.05, 4.69) is 0 Å². The molecular formula is C9H13NO7. The van der Waals surface area contributed by atoms with Crippen LogP contribution in [0.15, 0.2) is 0 Å². The maximum absolute atomic E-state index is 10.9. The molecule has 1 heterocycles. The number of carboxylic acid groups (broad SMARTS) is 3. The molecule has 1 saturated heterocycles. The smallest absolute Gasteiger partial charge is 0.329 e. The molecule has 1 aliphatic heterocycles. The minimum Gasteiger partial charge on any atom is -0.480 e. The molecule has 8 heteroatoms. The molecule has 0 spiro atoms. The number of likely N-dealkylation sites (tertiary alicyclic amines) is 1. The monoisotopic (exact) mass is 247 g/mol. The second-order valence-corrected chi connectivity index (χ2v) is 3.74. The van der Waals surface area contributed by atoms with E-state index in [-0.39, 0.29) is 13.0 Å². The maximum Gasteiger partial charge on any atom is 0.329 e. The van der Waals surface area contributed by atoms with Crippen molar-refractivity contribution in [3.8, 4) is 0 Å². The number of rotatable bonds is 6. The Labute approximate surface area is 96.4 Å². The number of carboxylic acids is 3. The van der Waals surface area contributed by atoms with Gasteiger partial charge in [0.15, 0.2) is 0 Å². The molecule has 0 aromatic carbocycles. The molecule has 0 bridgehead atoms. The molecule has 17 heavy (non-hydrogen) atoms. The number of ether oxygens (including phenoxy) is 1. The van der Waals surface area contributed by atoms with Crippen LogP contribution in [0, 0.1) is 0 Å². The van der Waals surface area contributed by atoms with Gasteiger partial charge in [0.05, 0.1) is 12.6 Å². The van der Waals surface area contributed by atoms with Crippen LogP contribution < -0.4 is 0 Å². The van der Waals surface area contributed by atoms with Gasteiger partial charge in [-0.15, -0.1) is 0 Å². The highest BCUT2D eigenvalue weighted by atomic mass is 16.5. The Morgan fingerprint density at radius 2 is 1.82 bits per heavy atom. The minimum atomic E-state index is -1.14. The minimum absolute atomic E-state index is 0.0931. The van der Waals surface area contributed by atoms with Gasteiger partial charge in [-0.25, -0.2) is 4.79 Å². The van der Waals surface area contributed by atoms with Gasteiger partial charge in [0.2, 0.25) is 0 Å². The molecule has 0 aliphatic carbocycles.